The summed E-state index contributed by atoms with van der Waals surface area (Å²) in [4.78, 5) is 22.9. The van der Waals surface area contributed by atoms with Crippen molar-refractivity contribution in [1.82, 2.24) is 9.78 Å². The minimum absolute atomic E-state index is 0.0445. The summed E-state index contributed by atoms with van der Waals surface area (Å²) >= 11 is 0. The van der Waals surface area contributed by atoms with Crippen molar-refractivity contribution in [1.29, 1.82) is 0 Å². The summed E-state index contributed by atoms with van der Waals surface area (Å²) in [5.41, 5.74) is 2.51. The summed E-state index contributed by atoms with van der Waals surface area (Å²) in [5, 5.41) is 18.0. The van der Waals surface area contributed by atoms with E-state index in [-0.39, 0.29) is 11.6 Å². The number of aromatic nitrogens is 2. The van der Waals surface area contributed by atoms with Crippen LogP contribution in [0.15, 0.2) is 24.3 Å². The molecule has 0 spiro atoms. The molecule has 0 saturated carbocycles. The van der Waals surface area contributed by atoms with E-state index in [4.69, 9.17) is 0 Å². The Morgan fingerprint density at radius 2 is 1.96 bits per heavy atom. The van der Waals surface area contributed by atoms with E-state index >= 15 is 0 Å². The Labute approximate surface area is 134 Å². The number of carbonyl (C=O) groups is 1. The number of benzene rings is 1. The predicted molar refractivity (Wildman–Crippen MR) is 87.5 cm³/mol. The quantitative estimate of drug-likeness (QED) is 0.677. The van der Waals surface area contributed by atoms with E-state index in [1.165, 1.54) is 10.2 Å². The van der Waals surface area contributed by atoms with Crippen molar-refractivity contribution in [2.75, 3.05) is 5.32 Å². The number of carbonyl (C=O) groups excluding carboxylic acids is 1. The summed E-state index contributed by atoms with van der Waals surface area (Å²) in [6.07, 6.45) is 0.931. The largest absolute Gasteiger partial charge is 0.324 e. The van der Waals surface area contributed by atoms with Crippen LogP contribution < -0.4 is 5.32 Å². The van der Waals surface area contributed by atoms with Gasteiger partial charge in [-0.15, -0.1) is 0 Å². The highest BCUT2D eigenvalue weighted by molar-refractivity contribution is 5.93. The third-order valence-electron chi connectivity index (χ3n) is 3.85. The summed E-state index contributed by atoms with van der Waals surface area (Å²) < 4.78 is 1.39. The zero-order chi connectivity index (χ0) is 17.1. The first kappa shape index (κ1) is 16.7. The predicted octanol–water partition coefficient (Wildman–Crippen LogP) is 3.17. The lowest BCUT2D eigenvalue weighted by molar-refractivity contribution is -0.386. The third kappa shape index (κ3) is 3.39. The van der Waals surface area contributed by atoms with Gasteiger partial charge < -0.3 is 5.32 Å². The molecular weight excluding hydrogens is 296 g/mol. The topological polar surface area (TPSA) is 90.1 Å². The molecule has 0 radical (unpaired) electrons. The van der Waals surface area contributed by atoms with Crippen LogP contribution in [-0.4, -0.2) is 20.6 Å². The monoisotopic (exact) mass is 316 g/mol. The van der Waals surface area contributed by atoms with Crippen LogP contribution in [0.3, 0.4) is 0 Å². The van der Waals surface area contributed by atoms with E-state index in [2.05, 4.69) is 17.3 Å². The van der Waals surface area contributed by atoms with Crippen LogP contribution in [0.4, 0.5) is 11.4 Å². The fourth-order valence-corrected chi connectivity index (χ4v) is 2.48. The van der Waals surface area contributed by atoms with Gasteiger partial charge >= 0.3 is 5.69 Å². The molecule has 0 saturated heterocycles. The van der Waals surface area contributed by atoms with E-state index < -0.39 is 11.0 Å². The average Bonchev–Trinajstić information content (AvgIpc) is 2.82. The van der Waals surface area contributed by atoms with Crippen LogP contribution in [0, 0.1) is 24.0 Å². The van der Waals surface area contributed by atoms with Gasteiger partial charge in [0.25, 0.3) is 0 Å². The Morgan fingerprint density at radius 1 is 1.35 bits per heavy atom. The Balaban J connectivity index is 2.19. The molecule has 1 aromatic carbocycles. The molecule has 2 rings (SSSR count). The van der Waals surface area contributed by atoms with E-state index in [0.717, 1.165) is 6.42 Å². The molecular formula is C16H20N4O3. The zero-order valence-corrected chi connectivity index (χ0v) is 13.7. The number of nitro groups is 1. The first-order valence-corrected chi connectivity index (χ1v) is 7.45. The van der Waals surface area contributed by atoms with E-state index in [1.807, 2.05) is 24.3 Å². The fraction of sp³-hybridized carbons (Fsp3) is 0.375. The Kier molecular flexibility index (Phi) is 4.78. The molecule has 23 heavy (non-hydrogen) atoms. The molecule has 0 bridgehead atoms. The van der Waals surface area contributed by atoms with Gasteiger partial charge in [-0.3, -0.25) is 19.6 Å². The van der Waals surface area contributed by atoms with Gasteiger partial charge in [0.15, 0.2) is 0 Å². The average molecular weight is 316 g/mol. The number of hydrogen-bond donors (Lipinski definition) is 1. The normalized spacial score (nSPS) is 12.0. The molecule has 0 aliphatic carbocycles. The van der Waals surface area contributed by atoms with Gasteiger partial charge in [0.05, 0.1) is 4.92 Å². The number of amides is 1. The van der Waals surface area contributed by atoms with Gasteiger partial charge in [0.1, 0.15) is 17.4 Å². The Bertz CT molecular complexity index is 735. The maximum Gasteiger partial charge on any atom is 0.312 e. The Morgan fingerprint density at radius 3 is 2.43 bits per heavy atom. The molecule has 2 aromatic rings. The lowest BCUT2D eigenvalue weighted by Gasteiger charge is -2.14. The van der Waals surface area contributed by atoms with E-state index in [1.54, 1.807) is 20.8 Å². The highest BCUT2D eigenvalue weighted by Gasteiger charge is 2.27. The van der Waals surface area contributed by atoms with Crippen molar-refractivity contribution in [3.63, 3.8) is 0 Å². The first-order valence-electron chi connectivity index (χ1n) is 7.45. The molecule has 1 amide bonds. The maximum absolute atomic E-state index is 12.4. The van der Waals surface area contributed by atoms with Crippen molar-refractivity contribution in [2.24, 2.45) is 0 Å². The van der Waals surface area contributed by atoms with Crippen molar-refractivity contribution in [3.05, 3.63) is 51.3 Å². The number of rotatable bonds is 5. The summed E-state index contributed by atoms with van der Waals surface area (Å²) in [6, 6.07) is 6.94. The third-order valence-corrected chi connectivity index (χ3v) is 3.85. The van der Waals surface area contributed by atoms with Crippen molar-refractivity contribution in [3.8, 4) is 0 Å². The van der Waals surface area contributed by atoms with E-state index in [9.17, 15) is 14.9 Å². The van der Waals surface area contributed by atoms with Crippen LogP contribution in [0.1, 0.15) is 36.8 Å². The maximum atomic E-state index is 12.4. The molecule has 0 fully saturated rings. The lowest BCUT2D eigenvalue weighted by atomic mass is 10.1. The standard InChI is InChI=1S/C16H20N4O3/c1-5-13-6-8-14(9-7-13)17-16(21)12(4)19-11(3)15(20(22)23)10(2)18-19/h6-9,12H,5H2,1-4H3,(H,17,21)/t12-/m0/s1. The molecule has 1 atom stereocenters. The summed E-state index contributed by atoms with van der Waals surface area (Å²) in [7, 11) is 0. The van der Waals surface area contributed by atoms with Crippen LogP contribution in [-0.2, 0) is 11.2 Å². The number of aryl methyl sites for hydroxylation is 2. The van der Waals surface area contributed by atoms with Gasteiger partial charge in [-0.05, 0) is 44.9 Å². The molecule has 1 N–H and O–H groups in total. The SMILES string of the molecule is CCc1ccc(NC(=O)[C@H](C)n2nc(C)c([N+](=O)[O-])c2C)cc1. The second-order valence-electron chi connectivity index (χ2n) is 5.44. The van der Waals surface area contributed by atoms with Gasteiger partial charge in [-0.25, -0.2) is 0 Å². The highest BCUT2D eigenvalue weighted by Crippen LogP contribution is 2.25. The lowest BCUT2D eigenvalue weighted by Crippen LogP contribution is -2.25. The van der Waals surface area contributed by atoms with Crippen LogP contribution in [0.5, 0.6) is 0 Å². The molecule has 7 heteroatoms. The molecule has 0 aliphatic heterocycles. The molecule has 122 valence electrons. The Hall–Kier alpha value is -2.70. The fourth-order valence-electron chi connectivity index (χ4n) is 2.48. The summed E-state index contributed by atoms with van der Waals surface area (Å²) in [6.45, 7) is 6.89. The van der Waals surface area contributed by atoms with Crippen LogP contribution in [0.2, 0.25) is 0 Å². The van der Waals surface area contributed by atoms with Crippen LogP contribution in [0.25, 0.3) is 0 Å². The second-order valence-corrected chi connectivity index (χ2v) is 5.44. The van der Waals surface area contributed by atoms with Crippen molar-refractivity contribution in [2.45, 2.75) is 40.2 Å². The highest BCUT2D eigenvalue weighted by atomic mass is 16.6. The minimum atomic E-state index is -0.645. The van der Waals surface area contributed by atoms with Crippen molar-refractivity contribution >= 4 is 17.3 Å². The molecule has 1 heterocycles. The van der Waals surface area contributed by atoms with Gasteiger partial charge in [0, 0.05) is 5.69 Å². The number of hydrogen-bond acceptors (Lipinski definition) is 4. The summed E-state index contributed by atoms with van der Waals surface area (Å²) in [5.74, 6) is -0.269. The van der Waals surface area contributed by atoms with E-state index in [0.29, 0.717) is 17.1 Å². The molecule has 0 aliphatic rings. The van der Waals surface area contributed by atoms with Crippen molar-refractivity contribution < 1.29 is 9.72 Å². The van der Waals surface area contributed by atoms with Gasteiger partial charge in [-0.2, -0.15) is 5.10 Å². The number of anilines is 1. The smallest absolute Gasteiger partial charge is 0.312 e. The molecule has 0 unspecified atom stereocenters. The molecule has 1 aromatic heterocycles. The zero-order valence-electron chi connectivity index (χ0n) is 13.7. The van der Waals surface area contributed by atoms with Gasteiger partial charge in [-0.1, -0.05) is 19.1 Å². The first-order chi connectivity index (χ1) is 10.8. The van der Waals surface area contributed by atoms with Crippen LogP contribution >= 0.6 is 0 Å². The number of nitrogens with zero attached hydrogens (tertiary/aromatic N) is 3. The minimum Gasteiger partial charge on any atom is -0.324 e. The van der Waals surface area contributed by atoms with Gasteiger partial charge in [0.2, 0.25) is 5.91 Å². The number of nitrogens with one attached hydrogen (secondary N) is 1. The second kappa shape index (κ2) is 6.60. The molecule has 7 nitrogen and oxygen atoms in total.